The molecule has 4 nitrogen and oxygen atoms in total. The molecule has 1 aromatic heterocycles. The number of aryl methyl sites for hydroxylation is 1. The van der Waals surface area contributed by atoms with E-state index in [4.69, 9.17) is 18.0 Å². The molecular formula is C8H11N3OS2. The van der Waals surface area contributed by atoms with Crippen LogP contribution in [0.25, 0.3) is 0 Å². The summed E-state index contributed by atoms with van der Waals surface area (Å²) >= 11 is 6.08. The van der Waals surface area contributed by atoms with Crippen molar-refractivity contribution in [3.63, 3.8) is 0 Å². The van der Waals surface area contributed by atoms with Crippen LogP contribution in [0.5, 0.6) is 0 Å². The molecule has 76 valence electrons. The Hall–Kier alpha value is -1.14. The van der Waals surface area contributed by atoms with E-state index in [0.29, 0.717) is 4.88 Å². The minimum absolute atomic E-state index is 0.132. The summed E-state index contributed by atoms with van der Waals surface area (Å²) in [6.07, 6.45) is 0. The number of thiocarbonyl (C=S) groups is 1. The number of hydrogen-bond donors (Lipinski definition) is 2. The molecule has 0 atom stereocenters. The largest absolute Gasteiger partial charge is 0.375 e. The molecule has 0 aliphatic carbocycles. The average Bonchev–Trinajstić information content (AvgIpc) is 2.51. The molecule has 3 N–H and O–H groups in total. The number of carbonyl (C=O) groups excluding carboxylic acids is 1. The smallest absolute Gasteiger partial charge is 0.280 e. The van der Waals surface area contributed by atoms with Crippen LogP contribution >= 0.6 is 23.6 Å². The highest BCUT2D eigenvalue weighted by atomic mass is 32.1. The summed E-state index contributed by atoms with van der Waals surface area (Å²) in [7, 11) is 1.60. The Kier molecular flexibility index (Phi) is 3.43. The first kappa shape index (κ1) is 10.9. The highest BCUT2D eigenvalue weighted by molar-refractivity contribution is 7.80. The quantitative estimate of drug-likeness (QED) is 0.554. The standard InChI is InChI=1S/C8H11N3OS2/c1-5-3-4-14-6(5)7(12)10-11(2)8(9)13/h3-4H,1-2H3,(H2,9,13)(H,10,12). The van der Waals surface area contributed by atoms with Crippen molar-refractivity contribution in [2.24, 2.45) is 5.73 Å². The Morgan fingerprint density at radius 3 is 2.79 bits per heavy atom. The zero-order valence-electron chi connectivity index (χ0n) is 7.90. The first-order valence-electron chi connectivity index (χ1n) is 3.90. The molecule has 0 aliphatic rings. The van der Waals surface area contributed by atoms with Gasteiger partial charge in [0.1, 0.15) is 0 Å². The number of nitrogens with one attached hydrogen (secondary N) is 1. The van der Waals surface area contributed by atoms with Crippen LogP contribution in [0.2, 0.25) is 0 Å². The number of nitrogens with two attached hydrogens (primary N) is 1. The van der Waals surface area contributed by atoms with Crippen molar-refractivity contribution in [1.29, 1.82) is 0 Å². The fourth-order valence-corrected chi connectivity index (χ4v) is 1.72. The van der Waals surface area contributed by atoms with Gasteiger partial charge >= 0.3 is 0 Å². The van der Waals surface area contributed by atoms with Gasteiger partial charge < -0.3 is 5.73 Å². The first-order valence-corrected chi connectivity index (χ1v) is 5.19. The number of rotatable bonds is 1. The van der Waals surface area contributed by atoms with Crippen LogP contribution in [0.15, 0.2) is 11.4 Å². The van der Waals surface area contributed by atoms with Crippen molar-refractivity contribution in [3.05, 3.63) is 21.9 Å². The third kappa shape index (κ3) is 2.43. The summed E-state index contributed by atoms with van der Waals surface area (Å²) in [5, 5.41) is 3.31. The predicted molar refractivity (Wildman–Crippen MR) is 61.1 cm³/mol. The minimum Gasteiger partial charge on any atom is -0.375 e. The molecule has 1 rings (SSSR count). The second-order valence-corrected chi connectivity index (χ2v) is 4.11. The number of hydrazine groups is 1. The lowest BCUT2D eigenvalue weighted by atomic mass is 10.3. The number of carbonyl (C=O) groups is 1. The maximum Gasteiger partial charge on any atom is 0.280 e. The van der Waals surface area contributed by atoms with Gasteiger partial charge in [0.15, 0.2) is 5.11 Å². The maximum atomic E-state index is 11.6. The van der Waals surface area contributed by atoms with E-state index in [1.54, 1.807) is 7.05 Å². The number of nitrogens with zero attached hydrogens (tertiary/aromatic N) is 1. The minimum atomic E-state index is -0.187. The van der Waals surface area contributed by atoms with Crippen molar-refractivity contribution in [2.75, 3.05) is 7.05 Å². The molecule has 0 aromatic carbocycles. The fourth-order valence-electron chi connectivity index (χ4n) is 0.864. The van der Waals surface area contributed by atoms with E-state index >= 15 is 0 Å². The number of thiophene rings is 1. The summed E-state index contributed by atoms with van der Waals surface area (Å²) in [5.74, 6) is -0.187. The fraction of sp³-hybridized carbons (Fsp3) is 0.250. The summed E-state index contributed by atoms with van der Waals surface area (Å²) in [5.41, 5.74) is 8.83. The van der Waals surface area contributed by atoms with Crippen LogP contribution in [0.3, 0.4) is 0 Å². The molecule has 14 heavy (non-hydrogen) atoms. The normalized spacial score (nSPS) is 9.57. The van der Waals surface area contributed by atoms with Gasteiger partial charge in [-0.3, -0.25) is 15.2 Å². The average molecular weight is 229 g/mol. The molecule has 0 fully saturated rings. The monoisotopic (exact) mass is 229 g/mol. The summed E-state index contributed by atoms with van der Waals surface area (Å²) in [6.45, 7) is 1.88. The van der Waals surface area contributed by atoms with E-state index < -0.39 is 0 Å². The first-order chi connectivity index (χ1) is 6.52. The lowest BCUT2D eigenvalue weighted by molar-refractivity contribution is 0.0891. The van der Waals surface area contributed by atoms with Gasteiger partial charge in [-0.1, -0.05) is 0 Å². The molecule has 1 aromatic rings. The van der Waals surface area contributed by atoms with Gasteiger partial charge in [0.05, 0.1) is 4.88 Å². The highest BCUT2D eigenvalue weighted by Crippen LogP contribution is 2.14. The molecule has 1 heterocycles. The van der Waals surface area contributed by atoms with Crippen molar-refractivity contribution < 1.29 is 4.79 Å². The Balaban J connectivity index is 2.69. The predicted octanol–water partition coefficient (Wildman–Crippen LogP) is 0.877. The van der Waals surface area contributed by atoms with E-state index in [2.05, 4.69) is 5.43 Å². The molecule has 0 unspecified atom stereocenters. The van der Waals surface area contributed by atoms with E-state index in [9.17, 15) is 4.79 Å². The molecule has 6 heteroatoms. The maximum absolute atomic E-state index is 11.6. The topological polar surface area (TPSA) is 58.4 Å². The van der Waals surface area contributed by atoms with Gasteiger partial charge in [-0.05, 0) is 36.2 Å². The second kappa shape index (κ2) is 4.39. The van der Waals surface area contributed by atoms with E-state index in [0.717, 1.165) is 5.56 Å². The Bertz CT molecular complexity index is 361. The zero-order chi connectivity index (χ0) is 10.7. The van der Waals surface area contributed by atoms with Crippen LogP contribution in [-0.2, 0) is 0 Å². The van der Waals surface area contributed by atoms with Crippen molar-refractivity contribution in [2.45, 2.75) is 6.92 Å². The van der Waals surface area contributed by atoms with Gasteiger partial charge in [0.2, 0.25) is 0 Å². The molecule has 0 radical (unpaired) electrons. The summed E-state index contributed by atoms with van der Waals surface area (Å²) in [4.78, 5) is 12.3. The number of amides is 1. The van der Waals surface area contributed by atoms with Crippen molar-refractivity contribution in [3.8, 4) is 0 Å². The van der Waals surface area contributed by atoms with Crippen LogP contribution in [0.1, 0.15) is 15.2 Å². The molecule has 0 spiro atoms. The molecular weight excluding hydrogens is 218 g/mol. The van der Waals surface area contributed by atoms with Crippen LogP contribution in [-0.4, -0.2) is 23.1 Å². The van der Waals surface area contributed by atoms with Crippen LogP contribution in [0, 0.1) is 6.92 Å². The molecule has 0 saturated heterocycles. The molecule has 1 amide bonds. The van der Waals surface area contributed by atoms with Crippen molar-refractivity contribution >= 4 is 34.6 Å². The van der Waals surface area contributed by atoms with E-state index in [1.165, 1.54) is 16.3 Å². The van der Waals surface area contributed by atoms with Crippen LogP contribution < -0.4 is 11.2 Å². The third-order valence-electron chi connectivity index (χ3n) is 1.67. The van der Waals surface area contributed by atoms with Gasteiger partial charge in [-0.15, -0.1) is 11.3 Å². The lowest BCUT2D eigenvalue weighted by Crippen LogP contribution is -2.45. The van der Waals surface area contributed by atoms with E-state index in [1.807, 2.05) is 18.4 Å². The van der Waals surface area contributed by atoms with Crippen LogP contribution in [0.4, 0.5) is 0 Å². The van der Waals surface area contributed by atoms with Crippen molar-refractivity contribution in [1.82, 2.24) is 10.4 Å². The summed E-state index contributed by atoms with van der Waals surface area (Å²) < 4.78 is 0. The Morgan fingerprint density at radius 1 is 1.71 bits per heavy atom. The summed E-state index contributed by atoms with van der Waals surface area (Å²) in [6, 6.07) is 1.89. The second-order valence-electron chi connectivity index (χ2n) is 2.77. The van der Waals surface area contributed by atoms with Gasteiger partial charge in [0.25, 0.3) is 5.91 Å². The SMILES string of the molecule is Cc1ccsc1C(=O)NN(C)C(N)=S. The Labute approximate surface area is 91.7 Å². The lowest BCUT2D eigenvalue weighted by Gasteiger charge is -2.17. The third-order valence-corrected chi connectivity index (χ3v) is 2.96. The van der Waals surface area contributed by atoms with Gasteiger partial charge in [0, 0.05) is 7.05 Å². The van der Waals surface area contributed by atoms with E-state index in [-0.39, 0.29) is 11.0 Å². The molecule has 0 saturated carbocycles. The molecule has 0 aliphatic heterocycles. The van der Waals surface area contributed by atoms with Gasteiger partial charge in [-0.2, -0.15) is 0 Å². The zero-order valence-corrected chi connectivity index (χ0v) is 9.54. The highest BCUT2D eigenvalue weighted by Gasteiger charge is 2.12. The molecule has 0 bridgehead atoms. The number of hydrogen-bond acceptors (Lipinski definition) is 3. The van der Waals surface area contributed by atoms with Gasteiger partial charge in [-0.25, -0.2) is 0 Å². The Morgan fingerprint density at radius 2 is 2.36 bits per heavy atom.